The van der Waals surface area contributed by atoms with Crippen LogP contribution in [0.25, 0.3) is 22.4 Å². The van der Waals surface area contributed by atoms with E-state index in [1.54, 1.807) is 0 Å². The van der Waals surface area contributed by atoms with Gasteiger partial charge in [-0.15, -0.1) is 0 Å². The minimum atomic E-state index is 0.428. The molecule has 0 bridgehead atoms. The fourth-order valence-electron chi connectivity index (χ4n) is 3.11. The molecule has 0 aliphatic rings. The molecule has 0 atom stereocenters. The van der Waals surface area contributed by atoms with Gasteiger partial charge in [0.25, 0.3) is 0 Å². The van der Waals surface area contributed by atoms with Crippen LogP contribution in [-0.2, 0) is 6.54 Å². The van der Waals surface area contributed by atoms with Crippen LogP contribution in [-0.4, -0.2) is 19.7 Å². The zero-order chi connectivity index (χ0) is 18.8. The molecule has 0 radical (unpaired) electrons. The maximum atomic E-state index is 6.20. The fourth-order valence-corrected chi connectivity index (χ4v) is 3.23. The Morgan fingerprint density at radius 1 is 1.00 bits per heavy atom. The average Bonchev–Trinajstić information content (AvgIpc) is 3.03. The summed E-state index contributed by atoms with van der Waals surface area (Å²) in [4.78, 5) is 8.69. The molecule has 4 aromatic rings. The van der Waals surface area contributed by atoms with Crippen LogP contribution in [0.15, 0.2) is 67.1 Å². The number of nitrogens with zero attached hydrogens (tertiary/aromatic N) is 4. The first-order valence-corrected chi connectivity index (χ1v) is 8.94. The molecule has 2 N–H and O–H groups in total. The van der Waals surface area contributed by atoms with Crippen molar-refractivity contribution in [2.24, 2.45) is 0 Å². The normalized spacial score (nSPS) is 10.9. The summed E-state index contributed by atoms with van der Waals surface area (Å²) in [6.45, 7) is 2.67. The average molecular weight is 376 g/mol. The second-order valence-electron chi connectivity index (χ2n) is 6.30. The first-order chi connectivity index (χ1) is 13.1. The van der Waals surface area contributed by atoms with Crippen molar-refractivity contribution >= 4 is 17.4 Å². The van der Waals surface area contributed by atoms with Gasteiger partial charge in [0.15, 0.2) is 0 Å². The Hall–Kier alpha value is -3.18. The van der Waals surface area contributed by atoms with E-state index in [0.717, 1.165) is 28.1 Å². The van der Waals surface area contributed by atoms with Gasteiger partial charge < -0.3 is 5.73 Å². The molecule has 0 aliphatic carbocycles. The Kier molecular flexibility index (Phi) is 4.60. The Bertz CT molecular complexity index is 1070. The number of halogens is 1. The molecule has 0 saturated heterocycles. The Morgan fingerprint density at radius 3 is 2.48 bits per heavy atom. The maximum absolute atomic E-state index is 6.20. The smallest absolute Gasteiger partial charge is 0.135 e. The quantitative estimate of drug-likeness (QED) is 0.566. The van der Waals surface area contributed by atoms with Gasteiger partial charge in [-0.25, -0.2) is 9.97 Å². The van der Waals surface area contributed by atoms with Crippen molar-refractivity contribution in [1.82, 2.24) is 19.7 Å². The van der Waals surface area contributed by atoms with Crippen LogP contribution in [0.2, 0.25) is 5.02 Å². The highest BCUT2D eigenvalue weighted by atomic mass is 35.5. The van der Waals surface area contributed by atoms with E-state index < -0.39 is 0 Å². The molecule has 0 spiro atoms. The number of hydrogen-bond donors (Lipinski definition) is 1. The van der Waals surface area contributed by atoms with Crippen molar-refractivity contribution < 1.29 is 0 Å². The van der Waals surface area contributed by atoms with Gasteiger partial charge in [0, 0.05) is 16.8 Å². The van der Waals surface area contributed by atoms with Gasteiger partial charge in [-0.05, 0) is 30.2 Å². The van der Waals surface area contributed by atoms with E-state index in [1.165, 1.54) is 11.9 Å². The van der Waals surface area contributed by atoms with E-state index >= 15 is 0 Å². The second kappa shape index (κ2) is 7.21. The summed E-state index contributed by atoms with van der Waals surface area (Å²) in [5, 5.41) is 5.32. The first-order valence-electron chi connectivity index (χ1n) is 8.56. The molecule has 27 heavy (non-hydrogen) atoms. The Labute approximate surface area is 162 Å². The molecule has 4 rings (SSSR count). The minimum Gasteiger partial charge on any atom is -0.383 e. The Balaban J connectivity index is 1.78. The lowest BCUT2D eigenvalue weighted by Gasteiger charge is -2.10. The van der Waals surface area contributed by atoms with Gasteiger partial charge in [0.1, 0.15) is 12.1 Å². The molecule has 0 fully saturated rings. The number of aryl methyl sites for hydroxylation is 1. The van der Waals surface area contributed by atoms with Crippen molar-refractivity contribution in [3.05, 3.63) is 83.4 Å². The summed E-state index contributed by atoms with van der Waals surface area (Å²) in [7, 11) is 0. The summed E-state index contributed by atoms with van der Waals surface area (Å²) in [6.07, 6.45) is 3.49. The van der Waals surface area contributed by atoms with Crippen molar-refractivity contribution in [2.75, 3.05) is 5.73 Å². The highest BCUT2D eigenvalue weighted by Gasteiger charge is 2.17. The van der Waals surface area contributed by atoms with Gasteiger partial charge in [0.2, 0.25) is 0 Å². The molecule has 0 amide bonds. The maximum Gasteiger partial charge on any atom is 0.135 e. The molecule has 5 nitrogen and oxygen atoms in total. The number of benzene rings is 2. The van der Waals surface area contributed by atoms with Crippen LogP contribution in [0.3, 0.4) is 0 Å². The monoisotopic (exact) mass is 375 g/mol. The number of anilines is 1. The topological polar surface area (TPSA) is 69.6 Å². The number of hydrogen-bond acceptors (Lipinski definition) is 4. The number of nitrogens with two attached hydrogens (primary N) is 1. The van der Waals surface area contributed by atoms with Crippen molar-refractivity contribution in [3.8, 4) is 22.4 Å². The van der Waals surface area contributed by atoms with E-state index in [9.17, 15) is 0 Å². The van der Waals surface area contributed by atoms with Gasteiger partial charge in [-0.3, -0.25) is 4.68 Å². The second-order valence-corrected chi connectivity index (χ2v) is 6.74. The van der Waals surface area contributed by atoms with Gasteiger partial charge in [-0.1, -0.05) is 54.1 Å². The van der Waals surface area contributed by atoms with Crippen LogP contribution in [0, 0.1) is 6.92 Å². The van der Waals surface area contributed by atoms with Crippen molar-refractivity contribution in [1.29, 1.82) is 0 Å². The summed E-state index contributed by atoms with van der Waals surface area (Å²) >= 11 is 6.03. The molecule has 0 saturated carbocycles. The predicted molar refractivity (Wildman–Crippen MR) is 108 cm³/mol. The summed E-state index contributed by atoms with van der Waals surface area (Å²) in [5.41, 5.74) is 11.7. The van der Waals surface area contributed by atoms with Crippen LogP contribution < -0.4 is 5.73 Å². The highest BCUT2D eigenvalue weighted by molar-refractivity contribution is 6.30. The minimum absolute atomic E-state index is 0.428. The lowest BCUT2D eigenvalue weighted by atomic mass is 10.0. The number of rotatable bonds is 4. The molecule has 6 heteroatoms. The van der Waals surface area contributed by atoms with Gasteiger partial charge in [0.05, 0.1) is 23.5 Å². The van der Waals surface area contributed by atoms with Crippen molar-refractivity contribution in [3.63, 3.8) is 0 Å². The number of aromatic nitrogens is 4. The molecule has 2 aromatic heterocycles. The highest BCUT2D eigenvalue weighted by Crippen LogP contribution is 2.35. The lowest BCUT2D eigenvalue weighted by Crippen LogP contribution is -2.00. The van der Waals surface area contributed by atoms with Crippen LogP contribution in [0.5, 0.6) is 0 Å². The lowest BCUT2D eigenvalue weighted by molar-refractivity contribution is 0.679. The standard InChI is InChI=1S/C21H18ClN5/c1-14-18(12-27(26-14)11-15-5-3-2-4-6-15)20-19(21(23)25-13-24-20)16-7-9-17(22)10-8-16/h2-10,12-13H,11H2,1H3,(H2,23,24,25). The van der Waals surface area contributed by atoms with Gasteiger partial charge >= 0.3 is 0 Å². The van der Waals surface area contributed by atoms with Crippen molar-refractivity contribution in [2.45, 2.75) is 13.5 Å². The predicted octanol–water partition coefficient (Wildman–Crippen LogP) is 4.60. The molecule has 2 heterocycles. The molecule has 0 unspecified atom stereocenters. The van der Waals surface area contributed by atoms with Crippen LogP contribution in [0.1, 0.15) is 11.3 Å². The zero-order valence-corrected chi connectivity index (χ0v) is 15.6. The largest absolute Gasteiger partial charge is 0.383 e. The fraction of sp³-hybridized carbons (Fsp3) is 0.0952. The van der Waals surface area contributed by atoms with E-state index in [4.69, 9.17) is 17.3 Å². The van der Waals surface area contributed by atoms with Crippen LogP contribution >= 0.6 is 11.6 Å². The van der Waals surface area contributed by atoms with E-state index in [2.05, 4.69) is 27.2 Å². The SMILES string of the molecule is Cc1nn(Cc2ccccc2)cc1-c1ncnc(N)c1-c1ccc(Cl)cc1. The van der Waals surface area contributed by atoms with E-state index in [1.807, 2.05) is 60.3 Å². The molecule has 2 aromatic carbocycles. The summed E-state index contributed by atoms with van der Waals surface area (Å²) in [6, 6.07) is 17.7. The third-order valence-electron chi connectivity index (χ3n) is 4.40. The third-order valence-corrected chi connectivity index (χ3v) is 4.65. The molecular weight excluding hydrogens is 358 g/mol. The molecule has 0 aliphatic heterocycles. The van der Waals surface area contributed by atoms with Gasteiger partial charge in [-0.2, -0.15) is 5.10 Å². The third kappa shape index (κ3) is 3.55. The summed E-state index contributed by atoms with van der Waals surface area (Å²) in [5.74, 6) is 0.428. The zero-order valence-electron chi connectivity index (χ0n) is 14.8. The summed E-state index contributed by atoms with van der Waals surface area (Å²) < 4.78 is 1.92. The van der Waals surface area contributed by atoms with E-state index in [-0.39, 0.29) is 0 Å². The Morgan fingerprint density at radius 2 is 1.74 bits per heavy atom. The molecular formula is C21H18ClN5. The first kappa shape index (κ1) is 17.2. The number of nitrogen functional groups attached to an aromatic ring is 1. The van der Waals surface area contributed by atoms with E-state index in [0.29, 0.717) is 17.4 Å². The van der Waals surface area contributed by atoms with Crippen LogP contribution in [0.4, 0.5) is 5.82 Å². The molecule has 134 valence electrons.